The smallest absolute Gasteiger partial charge is 0.258 e. The Morgan fingerprint density at radius 1 is 1.25 bits per heavy atom. The predicted octanol–water partition coefficient (Wildman–Crippen LogP) is 1.66. The van der Waals surface area contributed by atoms with Gasteiger partial charge in [-0.3, -0.25) is 0 Å². The molecule has 0 spiro atoms. The minimum atomic E-state index is -0.500. The number of hydrogen-bond donors (Lipinski definition) is 4. The van der Waals surface area contributed by atoms with Crippen molar-refractivity contribution in [1.29, 1.82) is 0 Å². The molecule has 0 saturated carbocycles. The van der Waals surface area contributed by atoms with Gasteiger partial charge in [-0.1, -0.05) is 18.2 Å². The number of rotatable bonds is 1. The molecule has 1 aromatic rings. The average molecular weight is 323 g/mol. The number of benzene rings is 1. The number of aliphatic hydroxyl groups is 2. The molecule has 16 heavy (non-hydrogen) atoms. The van der Waals surface area contributed by atoms with Crippen molar-refractivity contribution in [3.05, 3.63) is 29.8 Å². The first-order valence-corrected chi connectivity index (χ1v) is 4.79. The van der Waals surface area contributed by atoms with E-state index in [-0.39, 0.29) is 22.2 Å². The maximum absolute atomic E-state index is 8.75. The summed E-state index contributed by atoms with van der Waals surface area (Å²) in [7, 11) is 0. The summed E-state index contributed by atoms with van der Waals surface area (Å²) in [6.07, 6.45) is 0. The molecule has 88 valence electrons. The van der Waals surface area contributed by atoms with Gasteiger partial charge in [-0.2, -0.15) is 0 Å². The molecule has 0 amide bonds. The van der Waals surface area contributed by atoms with Crippen LogP contribution in [0.25, 0.3) is 0 Å². The number of nitrogens with two attached hydrogens (primary N) is 1. The Labute approximate surface area is 115 Å². The zero-order valence-corrected chi connectivity index (χ0v) is 11.9. The van der Waals surface area contributed by atoms with Gasteiger partial charge in [-0.25, -0.2) is 0 Å². The van der Waals surface area contributed by atoms with Gasteiger partial charge < -0.3 is 21.3 Å². The van der Waals surface area contributed by atoms with E-state index in [1.807, 2.05) is 31.2 Å². The Bertz CT molecular complexity index is 357. The summed E-state index contributed by atoms with van der Waals surface area (Å²) in [5, 5.41) is 18.3. The van der Waals surface area contributed by atoms with Crippen LogP contribution in [0.3, 0.4) is 0 Å². The van der Waals surface area contributed by atoms with Crippen LogP contribution in [0.2, 0.25) is 0 Å². The third-order valence-electron chi connectivity index (χ3n) is 1.39. The second-order valence-electron chi connectivity index (χ2n) is 2.58. The quantitative estimate of drug-likeness (QED) is 0.465. The van der Waals surface area contributed by atoms with Crippen LogP contribution < -0.4 is 11.1 Å². The van der Waals surface area contributed by atoms with Crippen LogP contribution in [0.4, 0.5) is 5.69 Å². The van der Waals surface area contributed by atoms with Gasteiger partial charge in [0, 0.05) is 22.8 Å². The van der Waals surface area contributed by atoms with E-state index >= 15 is 0 Å². The third kappa shape index (κ3) is 9.67. The number of nitrogens with one attached hydrogen (secondary N) is 1. The van der Waals surface area contributed by atoms with Gasteiger partial charge in [0.05, 0.1) is 0 Å². The van der Waals surface area contributed by atoms with Crippen molar-refractivity contribution < 1.29 is 10.2 Å². The molecule has 0 heterocycles. The average Bonchev–Trinajstić information content (AvgIpc) is 2.07. The van der Waals surface area contributed by atoms with Crippen molar-refractivity contribution in [3.8, 4) is 0 Å². The predicted molar refractivity (Wildman–Crippen MR) is 75.2 cm³/mol. The molecular weight excluding hydrogens is 311 g/mol. The number of thiocarbonyl (C=S) groups is 2. The van der Waals surface area contributed by atoms with Crippen molar-refractivity contribution in [2.45, 2.75) is 6.92 Å². The second kappa shape index (κ2) is 9.35. The van der Waals surface area contributed by atoms with E-state index < -0.39 is 5.17 Å². The van der Waals surface area contributed by atoms with E-state index in [9.17, 15) is 0 Å². The fourth-order valence-electron chi connectivity index (χ4n) is 0.828. The number of para-hydroxylation sites is 1. The van der Waals surface area contributed by atoms with Crippen molar-refractivity contribution in [1.82, 2.24) is 0 Å². The Hall–Kier alpha value is -0.881. The first-order valence-electron chi connectivity index (χ1n) is 3.97. The van der Waals surface area contributed by atoms with Crippen LogP contribution in [-0.4, -0.2) is 37.6 Å². The molecule has 0 aliphatic carbocycles. The van der Waals surface area contributed by atoms with Crippen molar-refractivity contribution in [2.75, 3.05) is 5.32 Å². The van der Waals surface area contributed by atoms with Crippen LogP contribution in [-0.2, 0) is 0 Å². The number of aliphatic hydroxyl groups excluding tert-OH is 2. The molecule has 0 bridgehead atoms. The fraction of sp³-hybridized carbons (Fsp3) is 0.111. The Kier molecular flexibility index (Phi) is 10.2. The molecule has 7 heteroatoms. The molecule has 0 aromatic heterocycles. The first kappa shape index (κ1) is 17.5. The van der Waals surface area contributed by atoms with E-state index in [0.29, 0.717) is 0 Å². The minimum Gasteiger partial charge on any atom is -0.487 e. The minimum absolute atomic E-state index is 0. The monoisotopic (exact) mass is 324 g/mol. The van der Waals surface area contributed by atoms with E-state index in [1.54, 1.807) is 0 Å². The molecule has 0 atom stereocenters. The van der Waals surface area contributed by atoms with Crippen molar-refractivity contribution in [2.24, 2.45) is 5.73 Å². The van der Waals surface area contributed by atoms with E-state index in [0.717, 1.165) is 11.3 Å². The number of anilines is 1. The van der Waals surface area contributed by atoms with Crippen molar-refractivity contribution >= 4 is 57.5 Å². The molecule has 0 saturated heterocycles. The van der Waals surface area contributed by atoms with Gasteiger partial charge in [0.2, 0.25) is 0 Å². The van der Waals surface area contributed by atoms with Crippen LogP contribution in [0.5, 0.6) is 0 Å². The summed E-state index contributed by atoms with van der Waals surface area (Å²) in [5.41, 5.74) is 6.30. The van der Waals surface area contributed by atoms with Gasteiger partial charge in [0.15, 0.2) is 0 Å². The molecular formula is C9H12N2O2S2Se. The normalized spacial score (nSPS) is 7.81. The number of hydrogen-bond acceptors (Lipinski definition) is 2. The van der Waals surface area contributed by atoms with Gasteiger partial charge in [0.25, 0.3) is 10.3 Å². The molecule has 0 fully saturated rings. The molecule has 5 N–H and O–H groups in total. The van der Waals surface area contributed by atoms with Gasteiger partial charge in [-0.05, 0) is 43.0 Å². The van der Waals surface area contributed by atoms with Gasteiger partial charge in [-0.15, -0.1) is 0 Å². The Morgan fingerprint density at radius 3 is 2.06 bits per heavy atom. The largest absolute Gasteiger partial charge is 0.487 e. The molecule has 2 radical (unpaired) electrons. The molecule has 0 unspecified atom stereocenters. The standard InChI is InChI=1S/C8H9NOS.CH3NOS.Se/c1-6-4-2-3-5-7(6)9-8(10)11;2-1(3)4;/h2-5H,1H3,(H2,9,10,11);(H3,2,3,4);. The zero-order chi connectivity index (χ0) is 11.8. The topological polar surface area (TPSA) is 78.5 Å². The summed E-state index contributed by atoms with van der Waals surface area (Å²) in [6.45, 7) is 1.95. The third-order valence-corrected chi connectivity index (χ3v) is 1.49. The van der Waals surface area contributed by atoms with Gasteiger partial charge in [0.1, 0.15) is 0 Å². The van der Waals surface area contributed by atoms with Crippen LogP contribution in [0.1, 0.15) is 5.56 Å². The molecule has 1 rings (SSSR count). The summed E-state index contributed by atoms with van der Waals surface area (Å²) in [4.78, 5) is 0. The summed E-state index contributed by atoms with van der Waals surface area (Å²) in [5.74, 6) is 0. The maximum atomic E-state index is 8.75. The fourth-order valence-corrected chi connectivity index (χ4v) is 0.938. The zero-order valence-electron chi connectivity index (χ0n) is 8.51. The van der Waals surface area contributed by atoms with Crippen LogP contribution in [0.15, 0.2) is 24.3 Å². The Morgan fingerprint density at radius 2 is 1.69 bits per heavy atom. The molecule has 4 nitrogen and oxygen atoms in total. The maximum Gasteiger partial charge on any atom is 0.258 e. The summed E-state index contributed by atoms with van der Waals surface area (Å²) >= 11 is 8.35. The van der Waals surface area contributed by atoms with Crippen LogP contribution >= 0.6 is 24.4 Å². The summed E-state index contributed by atoms with van der Waals surface area (Å²) < 4.78 is 0. The second-order valence-corrected chi connectivity index (χ2v) is 3.39. The van der Waals surface area contributed by atoms with Crippen LogP contribution in [0, 0.1) is 6.92 Å². The SMILES string of the molecule is Cc1ccccc1NC(O)=S.NC(O)=S.[Se]. The Balaban J connectivity index is 0. The summed E-state index contributed by atoms with van der Waals surface area (Å²) in [6, 6.07) is 7.62. The van der Waals surface area contributed by atoms with E-state index in [2.05, 4.69) is 35.5 Å². The van der Waals surface area contributed by atoms with E-state index in [4.69, 9.17) is 10.2 Å². The van der Waals surface area contributed by atoms with Crippen molar-refractivity contribution in [3.63, 3.8) is 0 Å². The van der Waals surface area contributed by atoms with Gasteiger partial charge >= 0.3 is 0 Å². The number of aryl methyl sites for hydroxylation is 1. The first-order chi connectivity index (χ1) is 6.93. The molecule has 1 aromatic carbocycles. The molecule has 0 aliphatic rings. The van der Waals surface area contributed by atoms with E-state index in [1.165, 1.54) is 0 Å². The molecule has 0 aliphatic heterocycles.